The van der Waals surface area contributed by atoms with Crippen LogP contribution >= 0.6 is 0 Å². The van der Waals surface area contributed by atoms with E-state index in [-0.39, 0.29) is 23.6 Å². The van der Waals surface area contributed by atoms with E-state index in [1.54, 1.807) is 31.2 Å². The minimum absolute atomic E-state index is 0.0678. The van der Waals surface area contributed by atoms with Crippen molar-refractivity contribution in [3.8, 4) is 11.3 Å². The summed E-state index contributed by atoms with van der Waals surface area (Å²) in [4.78, 5) is 28.0. The quantitative estimate of drug-likeness (QED) is 0.491. The molecule has 0 aliphatic heterocycles. The van der Waals surface area contributed by atoms with Crippen molar-refractivity contribution in [2.75, 3.05) is 6.61 Å². The van der Waals surface area contributed by atoms with E-state index in [9.17, 15) is 14.9 Å². The number of carbonyl (C=O) groups is 1. The molecule has 0 fully saturated rings. The predicted octanol–water partition coefficient (Wildman–Crippen LogP) is 3.32. The van der Waals surface area contributed by atoms with E-state index in [2.05, 4.69) is 4.98 Å². The number of carbonyl (C=O) groups excluding carboxylic acids is 1. The van der Waals surface area contributed by atoms with E-state index in [4.69, 9.17) is 4.74 Å². The number of rotatable bonds is 4. The number of aryl methyl sites for hydroxylation is 1. The molecule has 1 heterocycles. The molecule has 0 atom stereocenters. The molecule has 23 heavy (non-hydrogen) atoms. The van der Waals surface area contributed by atoms with Gasteiger partial charge < -0.3 is 4.74 Å². The van der Waals surface area contributed by atoms with Gasteiger partial charge in [-0.15, -0.1) is 0 Å². The van der Waals surface area contributed by atoms with Crippen LogP contribution in [0.2, 0.25) is 0 Å². The molecule has 118 valence electrons. The van der Waals surface area contributed by atoms with Crippen molar-refractivity contribution < 1.29 is 14.5 Å². The van der Waals surface area contributed by atoms with Crippen LogP contribution in [0.3, 0.4) is 0 Å². The van der Waals surface area contributed by atoms with Crippen LogP contribution < -0.4 is 0 Å². The van der Waals surface area contributed by atoms with Crippen LogP contribution in [0.4, 0.5) is 5.69 Å². The predicted molar refractivity (Wildman–Crippen MR) is 84.3 cm³/mol. The van der Waals surface area contributed by atoms with Gasteiger partial charge in [-0.2, -0.15) is 0 Å². The van der Waals surface area contributed by atoms with Gasteiger partial charge in [-0.1, -0.05) is 30.3 Å². The van der Waals surface area contributed by atoms with Crippen LogP contribution in [-0.2, 0) is 17.6 Å². The number of hydrogen-bond donors (Lipinski definition) is 0. The Morgan fingerprint density at radius 3 is 2.70 bits per heavy atom. The Labute approximate surface area is 133 Å². The number of benzene rings is 1. The Balaban J connectivity index is 2.31. The van der Waals surface area contributed by atoms with Gasteiger partial charge in [0.05, 0.1) is 11.5 Å². The van der Waals surface area contributed by atoms with Crippen LogP contribution in [0.1, 0.15) is 35.0 Å². The Kier molecular flexibility index (Phi) is 4.06. The highest BCUT2D eigenvalue weighted by Crippen LogP contribution is 2.38. The minimum atomic E-state index is -0.642. The largest absolute Gasteiger partial charge is 0.462 e. The number of nitrogens with zero attached hydrogens (tertiary/aromatic N) is 2. The molecule has 0 saturated heterocycles. The van der Waals surface area contributed by atoms with Gasteiger partial charge >= 0.3 is 11.7 Å². The minimum Gasteiger partial charge on any atom is -0.462 e. The third kappa shape index (κ3) is 2.67. The molecular weight excluding hydrogens is 296 g/mol. The lowest BCUT2D eigenvalue weighted by molar-refractivity contribution is -0.384. The number of fused-ring (bicyclic) bond motifs is 1. The Hall–Kier alpha value is -2.76. The van der Waals surface area contributed by atoms with Gasteiger partial charge in [0.15, 0.2) is 0 Å². The summed E-state index contributed by atoms with van der Waals surface area (Å²) in [7, 11) is 0. The smallest absolute Gasteiger partial charge is 0.345 e. The molecule has 2 aromatic rings. The number of hydrogen-bond acceptors (Lipinski definition) is 5. The lowest BCUT2D eigenvalue weighted by Crippen LogP contribution is -2.14. The average molecular weight is 312 g/mol. The van der Waals surface area contributed by atoms with E-state index < -0.39 is 10.9 Å². The number of ether oxygens (including phenoxy) is 1. The fourth-order valence-corrected chi connectivity index (χ4v) is 2.97. The average Bonchev–Trinajstić information content (AvgIpc) is 3.02. The van der Waals surface area contributed by atoms with Gasteiger partial charge in [0.1, 0.15) is 11.3 Å². The molecule has 6 nitrogen and oxygen atoms in total. The molecule has 1 aliphatic rings. The van der Waals surface area contributed by atoms with Gasteiger partial charge in [0.25, 0.3) is 0 Å². The first kappa shape index (κ1) is 15.1. The van der Waals surface area contributed by atoms with Crippen molar-refractivity contribution in [2.45, 2.75) is 26.2 Å². The zero-order valence-electron chi connectivity index (χ0n) is 12.7. The standard InChI is InChI=1S/C17H16N2O4/c1-2-23-17(20)14-12-9-6-10-13(12)18-15(16(14)19(21)22)11-7-4-3-5-8-11/h3-5,7-8H,2,6,9-10H2,1H3. The molecule has 0 spiro atoms. The molecule has 3 rings (SSSR count). The second-order valence-electron chi connectivity index (χ2n) is 5.31. The van der Waals surface area contributed by atoms with E-state index in [0.29, 0.717) is 17.5 Å². The first-order valence-corrected chi connectivity index (χ1v) is 7.56. The Morgan fingerprint density at radius 2 is 2.04 bits per heavy atom. The summed E-state index contributed by atoms with van der Waals surface area (Å²) < 4.78 is 5.06. The topological polar surface area (TPSA) is 82.3 Å². The van der Waals surface area contributed by atoms with Gasteiger partial charge in [0.2, 0.25) is 0 Å². The van der Waals surface area contributed by atoms with E-state index >= 15 is 0 Å². The molecule has 0 amide bonds. The SMILES string of the molecule is CCOC(=O)c1c2c(nc(-c3ccccc3)c1[N+](=O)[O-])CCC2. The van der Waals surface area contributed by atoms with Crippen molar-refractivity contribution in [2.24, 2.45) is 0 Å². The normalized spacial score (nSPS) is 12.7. The van der Waals surface area contributed by atoms with Gasteiger partial charge in [-0.05, 0) is 31.7 Å². The van der Waals surface area contributed by atoms with Gasteiger partial charge in [-0.3, -0.25) is 10.1 Å². The van der Waals surface area contributed by atoms with Crippen molar-refractivity contribution in [3.05, 3.63) is 57.3 Å². The molecule has 0 bridgehead atoms. The third-order valence-corrected chi connectivity index (χ3v) is 3.91. The zero-order valence-corrected chi connectivity index (χ0v) is 12.7. The first-order chi connectivity index (χ1) is 11.1. The summed E-state index contributed by atoms with van der Waals surface area (Å²) in [5, 5.41) is 11.7. The lowest BCUT2D eigenvalue weighted by Gasteiger charge is -2.12. The monoisotopic (exact) mass is 312 g/mol. The van der Waals surface area contributed by atoms with Crippen LogP contribution in [0.5, 0.6) is 0 Å². The first-order valence-electron chi connectivity index (χ1n) is 7.56. The number of nitro groups is 1. The van der Waals surface area contributed by atoms with Crippen LogP contribution in [-0.4, -0.2) is 22.5 Å². The lowest BCUT2D eigenvalue weighted by atomic mass is 10.00. The maximum atomic E-state index is 12.4. The Morgan fingerprint density at radius 1 is 1.30 bits per heavy atom. The molecule has 1 aliphatic carbocycles. The molecule has 6 heteroatoms. The maximum absolute atomic E-state index is 12.4. The summed E-state index contributed by atoms with van der Waals surface area (Å²) in [5.74, 6) is -0.642. The van der Waals surface area contributed by atoms with Gasteiger partial charge in [0, 0.05) is 11.3 Å². The van der Waals surface area contributed by atoms with Crippen LogP contribution in [0.25, 0.3) is 11.3 Å². The van der Waals surface area contributed by atoms with E-state index in [1.165, 1.54) is 0 Å². The van der Waals surface area contributed by atoms with Gasteiger partial charge in [-0.25, -0.2) is 9.78 Å². The molecule has 0 unspecified atom stereocenters. The van der Waals surface area contributed by atoms with E-state index in [0.717, 1.165) is 18.5 Å². The van der Waals surface area contributed by atoms with Crippen molar-refractivity contribution in [3.63, 3.8) is 0 Å². The van der Waals surface area contributed by atoms with Crippen molar-refractivity contribution in [1.29, 1.82) is 0 Å². The fourth-order valence-electron chi connectivity index (χ4n) is 2.97. The molecule has 0 radical (unpaired) electrons. The zero-order chi connectivity index (χ0) is 16.4. The highest BCUT2D eigenvalue weighted by Gasteiger charge is 2.34. The number of pyridine rings is 1. The summed E-state index contributed by atoms with van der Waals surface area (Å²) in [6, 6.07) is 8.92. The highest BCUT2D eigenvalue weighted by atomic mass is 16.6. The molecule has 0 N–H and O–H groups in total. The second kappa shape index (κ2) is 6.16. The Bertz CT molecular complexity index is 772. The van der Waals surface area contributed by atoms with Crippen LogP contribution in [0.15, 0.2) is 30.3 Å². The van der Waals surface area contributed by atoms with Crippen molar-refractivity contribution >= 4 is 11.7 Å². The summed E-state index contributed by atoms with van der Waals surface area (Å²) in [6.07, 6.45) is 2.18. The summed E-state index contributed by atoms with van der Waals surface area (Å²) in [5.41, 5.74) is 2.10. The molecule has 1 aromatic heterocycles. The highest BCUT2D eigenvalue weighted by molar-refractivity contribution is 5.99. The molecule has 1 aromatic carbocycles. The molecular formula is C17H16N2O4. The third-order valence-electron chi connectivity index (χ3n) is 3.91. The van der Waals surface area contributed by atoms with E-state index in [1.807, 2.05) is 6.07 Å². The summed E-state index contributed by atoms with van der Waals surface area (Å²) >= 11 is 0. The number of esters is 1. The fraction of sp³-hybridized carbons (Fsp3) is 0.294. The van der Waals surface area contributed by atoms with Crippen LogP contribution in [0, 0.1) is 10.1 Å². The summed E-state index contributed by atoms with van der Waals surface area (Å²) in [6.45, 7) is 1.86. The van der Waals surface area contributed by atoms with Crippen molar-refractivity contribution in [1.82, 2.24) is 4.98 Å². The maximum Gasteiger partial charge on any atom is 0.345 e. The second-order valence-corrected chi connectivity index (χ2v) is 5.31. The molecule has 0 saturated carbocycles. The number of aromatic nitrogens is 1.